The summed E-state index contributed by atoms with van der Waals surface area (Å²) in [5, 5.41) is 22.7. The Bertz CT molecular complexity index is 879. The van der Waals surface area contributed by atoms with Crippen molar-refractivity contribution in [1.29, 1.82) is 5.26 Å². The van der Waals surface area contributed by atoms with Gasteiger partial charge in [-0.25, -0.2) is 0 Å². The number of carbonyl (C=O) groups is 1. The fraction of sp³-hybridized carbons (Fsp3) is 0.111. The number of hydrogen-bond donors (Lipinski definition) is 1. The van der Waals surface area contributed by atoms with Gasteiger partial charge < -0.3 is 5.32 Å². The number of nitriles is 1. The molecule has 0 heterocycles. The lowest BCUT2D eigenvalue weighted by atomic mass is 10.1. The number of non-ortho nitro benzene ring substituents is 1. The lowest BCUT2D eigenvalue weighted by Gasteiger charge is -2.09. The molecule has 1 N–H and O–H groups in total. The lowest BCUT2D eigenvalue weighted by Crippen LogP contribution is -2.14. The number of nitrogens with zero attached hydrogens (tertiary/aromatic N) is 2. The number of hydrogen-bond acceptors (Lipinski definition) is 4. The minimum atomic E-state index is -0.558. The van der Waals surface area contributed by atoms with Crippen LogP contribution in [0.4, 0.5) is 11.4 Å². The molecule has 0 spiro atoms. The van der Waals surface area contributed by atoms with E-state index in [4.69, 9.17) is 0 Å². The Hall–Kier alpha value is -3.46. The van der Waals surface area contributed by atoms with Crippen molar-refractivity contribution < 1.29 is 9.72 Å². The molecule has 0 saturated carbocycles. The van der Waals surface area contributed by atoms with Gasteiger partial charge in [-0.05, 0) is 42.7 Å². The highest BCUT2D eigenvalue weighted by molar-refractivity contribution is 6.10. The van der Waals surface area contributed by atoms with Gasteiger partial charge in [0.15, 0.2) is 0 Å². The summed E-state index contributed by atoms with van der Waals surface area (Å²) in [6.07, 6.45) is 1.33. The average Bonchev–Trinajstić information content (AvgIpc) is 2.57. The zero-order chi connectivity index (χ0) is 17.7. The number of aryl methyl sites for hydroxylation is 1. The second kappa shape index (κ2) is 7.20. The van der Waals surface area contributed by atoms with E-state index in [1.54, 1.807) is 12.1 Å². The molecule has 0 atom stereocenters. The number of carbonyl (C=O) groups excluding carboxylic acids is 1. The van der Waals surface area contributed by atoms with Gasteiger partial charge in [-0.3, -0.25) is 14.9 Å². The topological polar surface area (TPSA) is 96.0 Å². The predicted molar refractivity (Wildman–Crippen MR) is 91.2 cm³/mol. The summed E-state index contributed by atoms with van der Waals surface area (Å²) >= 11 is 0. The standard InChI is InChI=1S/C18H15N3O3/c1-12-5-3-8-17(13(12)2)20-18(22)15(11-19)9-14-6-4-7-16(10-14)21(23)24/h3-10H,1-2H3,(H,20,22)/b15-9-. The molecule has 6 heteroatoms. The summed E-state index contributed by atoms with van der Waals surface area (Å²) in [6, 6.07) is 13.1. The van der Waals surface area contributed by atoms with Crippen molar-refractivity contribution in [2.75, 3.05) is 5.32 Å². The van der Waals surface area contributed by atoms with Crippen molar-refractivity contribution in [3.05, 3.63) is 74.8 Å². The quantitative estimate of drug-likeness (QED) is 0.401. The third-order valence-electron chi connectivity index (χ3n) is 3.61. The molecule has 0 aliphatic rings. The zero-order valence-corrected chi connectivity index (χ0v) is 13.2. The van der Waals surface area contributed by atoms with E-state index in [0.29, 0.717) is 11.3 Å². The van der Waals surface area contributed by atoms with E-state index >= 15 is 0 Å². The van der Waals surface area contributed by atoms with Gasteiger partial charge in [0.05, 0.1) is 4.92 Å². The van der Waals surface area contributed by atoms with E-state index in [2.05, 4.69) is 5.32 Å². The van der Waals surface area contributed by atoms with Crippen LogP contribution in [0.1, 0.15) is 16.7 Å². The molecule has 120 valence electrons. The van der Waals surface area contributed by atoms with Crippen LogP contribution in [0.25, 0.3) is 6.08 Å². The Morgan fingerprint density at radius 2 is 1.96 bits per heavy atom. The van der Waals surface area contributed by atoms with Gasteiger partial charge in [0.2, 0.25) is 0 Å². The highest BCUT2D eigenvalue weighted by Gasteiger charge is 2.12. The molecule has 2 rings (SSSR count). The monoisotopic (exact) mass is 321 g/mol. The van der Waals surface area contributed by atoms with Crippen LogP contribution in [-0.2, 0) is 4.79 Å². The van der Waals surface area contributed by atoms with Crippen molar-refractivity contribution in [1.82, 2.24) is 0 Å². The Morgan fingerprint density at radius 3 is 2.62 bits per heavy atom. The molecule has 0 aliphatic carbocycles. The summed E-state index contributed by atoms with van der Waals surface area (Å²) in [5.41, 5.74) is 2.75. The van der Waals surface area contributed by atoms with Crippen LogP contribution in [-0.4, -0.2) is 10.8 Å². The normalized spacial score (nSPS) is 10.8. The highest BCUT2D eigenvalue weighted by Crippen LogP contribution is 2.20. The Kier molecular flexibility index (Phi) is 5.07. The first kappa shape index (κ1) is 16.9. The van der Waals surface area contributed by atoms with Crippen LogP contribution in [0.5, 0.6) is 0 Å². The van der Waals surface area contributed by atoms with Crippen molar-refractivity contribution in [2.24, 2.45) is 0 Å². The second-order valence-corrected chi connectivity index (χ2v) is 5.22. The third kappa shape index (κ3) is 3.84. The van der Waals surface area contributed by atoms with Crippen molar-refractivity contribution >= 4 is 23.4 Å². The van der Waals surface area contributed by atoms with Gasteiger partial charge in [-0.2, -0.15) is 5.26 Å². The van der Waals surface area contributed by atoms with E-state index in [1.807, 2.05) is 32.0 Å². The molecule has 0 saturated heterocycles. The van der Waals surface area contributed by atoms with Crippen LogP contribution in [0, 0.1) is 35.3 Å². The van der Waals surface area contributed by atoms with Crippen LogP contribution in [0.3, 0.4) is 0 Å². The molecule has 0 radical (unpaired) electrons. The Morgan fingerprint density at radius 1 is 1.25 bits per heavy atom. The van der Waals surface area contributed by atoms with Crippen molar-refractivity contribution in [3.63, 3.8) is 0 Å². The first-order valence-corrected chi connectivity index (χ1v) is 7.16. The van der Waals surface area contributed by atoms with Gasteiger partial charge in [-0.15, -0.1) is 0 Å². The molecule has 24 heavy (non-hydrogen) atoms. The fourth-order valence-electron chi connectivity index (χ4n) is 2.12. The molecule has 0 aromatic heterocycles. The van der Waals surface area contributed by atoms with E-state index in [-0.39, 0.29) is 11.3 Å². The number of anilines is 1. The Balaban J connectivity index is 2.29. The Labute approximate surface area is 139 Å². The molecule has 1 amide bonds. The second-order valence-electron chi connectivity index (χ2n) is 5.22. The summed E-state index contributed by atoms with van der Waals surface area (Å²) < 4.78 is 0. The number of nitro benzene ring substituents is 1. The van der Waals surface area contributed by atoms with Gasteiger partial charge in [0.1, 0.15) is 11.6 Å². The molecule has 6 nitrogen and oxygen atoms in total. The molecule has 0 aliphatic heterocycles. The van der Waals surface area contributed by atoms with Crippen LogP contribution >= 0.6 is 0 Å². The van der Waals surface area contributed by atoms with Crippen molar-refractivity contribution in [2.45, 2.75) is 13.8 Å². The number of nitro groups is 1. The van der Waals surface area contributed by atoms with Gasteiger partial charge in [0.25, 0.3) is 11.6 Å². The van der Waals surface area contributed by atoms with Crippen LogP contribution in [0.2, 0.25) is 0 Å². The van der Waals surface area contributed by atoms with Gasteiger partial charge in [0, 0.05) is 17.8 Å². The van der Waals surface area contributed by atoms with E-state index in [0.717, 1.165) is 11.1 Å². The van der Waals surface area contributed by atoms with Gasteiger partial charge in [-0.1, -0.05) is 24.3 Å². The zero-order valence-electron chi connectivity index (χ0n) is 13.2. The average molecular weight is 321 g/mol. The number of nitrogens with one attached hydrogen (secondary N) is 1. The van der Waals surface area contributed by atoms with E-state index < -0.39 is 10.8 Å². The fourth-order valence-corrected chi connectivity index (χ4v) is 2.12. The third-order valence-corrected chi connectivity index (χ3v) is 3.61. The summed E-state index contributed by atoms with van der Waals surface area (Å²) in [5.74, 6) is -0.558. The largest absolute Gasteiger partial charge is 0.321 e. The van der Waals surface area contributed by atoms with Crippen molar-refractivity contribution in [3.8, 4) is 6.07 Å². The minimum Gasteiger partial charge on any atom is -0.321 e. The maximum Gasteiger partial charge on any atom is 0.270 e. The van der Waals surface area contributed by atoms with E-state index in [9.17, 15) is 20.2 Å². The molecule has 0 fully saturated rings. The van der Waals surface area contributed by atoms with Crippen LogP contribution < -0.4 is 5.32 Å². The summed E-state index contributed by atoms with van der Waals surface area (Å²) in [6.45, 7) is 3.80. The number of rotatable bonds is 4. The predicted octanol–water partition coefficient (Wildman–Crippen LogP) is 3.76. The molecular weight excluding hydrogens is 306 g/mol. The number of amides is 1. The number of benzene rings is 2. The first-order valence-electron chi connectivity index (χ1n) is 7.16. The first-order chi connectivity index (χ1) is 11.4. The van der Waals surface area contributed by atoms with Gasteiger partial charge >= 0.3 is 0 Å². The molecule has 0 bridgehead atoms. The van der Waals surface area contributed by atoms with Crippen LogP contribution in [0.15, 0.2) is 48.0 Å². The maximum absolute atomic E-state index is 12.3. The highest BCUT2D eigenvalue weighted by atomic mass is 16.6. The maximum atomic E-state index is 12.3. The molecule has 0 unspecified atom stereocenters. The minimum absolute atomic E-state index is 0.101. The summed E-state index contributed by atoms with van der Waals surface area (Å²) in [7, 11) is 0. The molecule has 2 aromatic carbocycles. The lowest BCUT2D eigenvalue weighted by molar-refractivity contribution is -0.384. The molecule has 2 aromatic rings. The van der Waals surface area contributed by atoms with E-state index in [1.165, 1.54) is 24.3 Å². The SMILES string of the molecule is Cc1cccc(NC(=O)/C(C#N)=C\c2cccc([N+](=O)[O-])c2)c1C. The smallest absolute Gasteiger partial charge is 0.270 e. The summed E-state index contributed by atoms with van der Waals surface area (Å²) in [4.78, 5) is 22.6. The molecular formula is C18H15N3O3.